The highest BCUT2D eigenvalue weighted by Gasteiger charge is 2.17. The topological polar surface area (TPSA) is 80.7 Å². The average Bonchev–Trinajstić information content (AvgIpc) is 2.53. The molecule has 0 aromatic heterocycles. The predicted octanol–water partition coefficient (Wildman–Crippen LogP) is 4.76. The van der Waals surface area contributed by atoms with Crippen molar-refractivity contribution in [3.63, 3.8) is 0 Å². The molecule has 0 atom stereocenters. The van der Waals surface area contributed by atoms with Crippen LogP contribution in [0.25, 0.3) is 0 Å². The SMILES string of the molecule is CCCCCCCCCCCC(=O)Oc1ccccc1S(=O)(=O)O. The summed E-state index contributed by atoms with van der Waals surface area (Å²) in [5.41, 5.74) is 0. The molecule has 1 N–H and O–H groups in total. The molecule has 1 aromatic carbocycles. The van der Waals surface area contributed by atoms with E-state index >= 15 is 0 Å². The van der Waals surface area contributed by atoms with Crippen LogP contribution in [-0.2, 0) is 14.9 Å². The average molecular weight is 356 g/mol. The second-order valence-electron chi connectivity index (χ2n) is 5.97. The van der Waals surface area contributed by atoms with Crippen LogP contribution in [-0.4, -0.2) is 18.9 Å². The van der Waals surface area contributed by atoms with Gasteiger partial charge in [-0.2, -0.15) is 8.42 Å². The Morgan fingerprint density at radius 2 is 1.50 bits per heavy atom. The van der Waals surface area contributed by atoms with Crippen molar-refractivity contribution >= 4 is 16.1 Å². The molecule has 0 radical (unpaired) electrons. The maximum absolute atomic E-state index is 11.8. The lowest BCUT2D eigenvalue weighted by molar-refractivity contribution is -0.134. The number of carbonyl (C=O) groups excluding carboxylic acids is 1. The first-order valence-corrected chi connectivity index (χ1v) is 10.2. The number of esters is 1. The van der Waals surface area contributed by atoms with Gasteiger partial charge in [0.1, 0.15) is 4.90 Å². The van der Waals surface area contributed by atoms with Gasteiger partial charge in [-0.05, 0) is 18.6 Å². The lowest BCUT2D eigenvalue weighted by atomic mass is 10.1. The molecular weight excluding hydrogens is 328 g/mol. The van der Waals surface area contributed by atoms with Crippen molar-refractivity contribution in [2.24, 2.45) is 0 Å². The molecule has 24 heavy (non-hydrogen) atoms. The molecule has 0 bridgehead atoms. The molecule has 0 saturated carbocycles. The van der Waals surface area contributed by atoms with Crippen molar-refractivity contribution in [1.29, 1.82) is 0 Å². The minimum atomic E-state index is -4.40. The van der Waals surface area contributed by atoms with E-state index in [1.165, 1.54) is 56.7 Å². The highest BCUT2D eigenvalue weighted by atomic mass is 32.2. The zero-order valence-electron chi connectivity index (χ0n) is 14.4. The van der Waals surface area contributed by atoms with E-state index in [0.29, 0.717) is 0 Å². The van der Waals surface area contributed by atoms with Crippen LogP contribution in [0.3, 0.4) is 0 Å². The minimum Gasteiger partial charge on any atom is -0.425 e. The summed E-state index contributed by atoms with van der Waals surface area (Å²) in [4.78, 5) is 11.4. The summed E-state index contributed by atoms with van der Waals surface area (Å²) in [6.07, 6.45) is 10.6. The van der Waals surface area contributed by atoms with Crippen molar-refractivity contribution in [1.82, 2.24) is 0 Å². The summed E-state index contributed by atoms with van der Waals surface area (Å²) >= 11 is 0. The first-order chi connectivity index (χ1) is 11.4. The highest BCUT2D eigenvalue weighted by molar-refractivity contribution is 7.86. The van der Waals surface area contributed by atoms with E-state index in [2.05, 4.69) is 6.92 Å². The van der Waals surface area contributed by atoms with Crippen molar-refractivity contribution in [3.05, 3.63) is 24.3 Å². The van der Waals surface area contributed by atoms with E-state index < -0.39 is 16.1 Å². The second-order valence-corrected chi connectivity index (χ2v) is 7.36. The van der Waals surface area contributed by atoms with Gasteiger partial charge >= 0.3 is 5.97 Å². The Morgan fingerprint density at radius 3 is 2.08 bits per heavy atom. The number of hydrogen-bond acceptors (Lipinski definition) is 4. The zero-order valence-corrected chi connectivity index (χ0v) is 15.2. The summed E-state index contributed by atoms with van der Waals surface area (Å²) in [7, 11) is -4.40. The molecule has 0 aliphatic heterocycles. The monoisotopic (exact) mass is 356 g/mol. The summed E-state index contributed by atoms with van der Waals surface area (Å²) in [6.45, 7) is 2.20. The van der Waals surface area contributed by atoms with E-state index in [0.717, 1.165) is 19.3 Å². The third kappa shape index (κ3) is 8.45. The van der Waals surface area contributed by atoms with Gasteiger partial charge in [-0.25, -0.2) is 0 Å². The van der Waals surface area contributed by atoms with Crippen molar-refractivity contribution in [2.45, 2.75) is 76.0 Å². The van der Waals surface area contributed by atoms with Gasteiger partial charge in [0.25, 0.3) is 10.1 Å². The molecule has 1 rings (SSSR count). The molecule has 0 aliphatic rings. The smallest absolute Gasteiger partial charge is 0.311 e. The summed E-state index contributed by atoms with van der Waals surface area (Å²) < 4.78 is 36.6. The van der Waals surface area contributed by atoms with Crippen LogP contribution in [0.15, 0.2) is 29.2 Å². The minimum absolute atomic E-state index is 0.124. The molecule has 0 amide bonds. The number of unbranched alkanes of at least 4 members (excludes halogenated alkanes) is 8. The molecule has 0 fully saturated rings. The normalized spacial score (nSPS) is 11.4. The molecule has 0 spiro atoms. The first-order valence-electron chi connectivity index (χ1n) is 8.72. The second kappa shape index (κ2) is 11.2. The molecule has 1 aromatic rings. The maximum atomic E-state index is 11.8. The standard InChI is InChI=1S/C18H28O5S/c1-2-3-4-5-6-7-8-9-10-15-18(19)23-16-13-11-12-14-17(16)24(20,21)22/h11-14H,2-10,15H2,1H3,(H,20,21,22). The number of hydrogen-bond donors (Lipinski definition) is 1. The van der Waals surface area contributed by atoms with Crippen LogP contribution in [0.1, 0.15) is 71.1 Å². The van der Waals surface area contributed by atoms with Gasteiger partial charge in [0.15, 0.2) is 5.75 Å². The molecule has 5 nitrogen and oxygen atoms in total. The lowest BCUT2D eigenvalue weighted by Gasteiger charge is -2.08. The van der Waals surface area contributed by atoms with E-state index in [9.17, 15) is 13.2 Å². The Bertz CT molecular complexity index is 595. The fraction of sp³-hybridized carbons (Fsp3) is 0.611. The number of rotatable bonds is 12. The number of benzene rings is 1. The van der Waals surface area contributed by atoms with Gasteiger partial charge < -0.3 is 4.74 Å². The van der Waals surface area contributed by atoms with Crippen LogP contribution >= 0.6 is 0 Å². The largest absolute Gasteiger partial charge is 0.425 e. The van der Waals surface area contributed by atoms with Crippen molar-refractivity contribution in [3.8, 4) is 5.75 Å². The maximum Gasteiger partial charge on any atom is 0.311 e. The Hall–Kier alpha value is -1.40. The Labute approximate surface area is 145 Å². The third-order valence-corrected chi connectivity index (χ3v) is 4.73. The zero-order chi connectivity index (χ0) is 17.8. The van der Waals surface area contributed by atoms with Crippen molar-refractivity contribution < 1.29 is 22.5 Å². The lowest BCUT2D eigenvalue weighted by Crippen LogP contribution is -2.10. The summed E-state index contributed by atoms with van der Waals surface area (Å²) in [6, 6.07) is 5.57. The molecule has 0 aliphatic carbocycles. The molecule has 6 heteroatoms. The first kappa shape index (κ1) is 20.6. The van der Waals surface area contributed by atoms with Gasteiger partial charge in [0.05, 0.1) is 0 Å². The van der Waals surface area contributed by atoms with Gasteiger partial charge in [0, 0.05) is 6.42 Å². The third-order valence-electron chi connectivity index (χ3n) is 3.84. The fourth-order valence-corrected chi connectivity index (χ4v) is 3.12. The fourth-order valence-electron chi connectivity index (χ4n) is 2.50. The number of carbonyl (C=O) groups is 1. The van der Waals surface area contributed by atoms with E-state index in [1.807, 2.05) is 0 Å². The molecule has 0 unspecified atom stereocenters. The predicted molar refractivity (Wildman–Crippen MR) is 93.7 cm³/mol. The number of ether oxygens (including phenoxy) is 1. The van der Waals surface area contributed by atoms with E-state index in [-0.39, 0.29) is 17.1 Å². The van der Waals surface area contributed by atoms with Crippen molar-refractivity contribution in [2.75, 3.05) is 0 Å². The number of para-hydroxylation sites is 1. The highest BCUT2D eigenvalue weighted by Crippen LogP contribution is 2.23. The Balaban J connectivity index is 2.24. The Kier molecular flexibility index (Phi) is 9.64. The van der Waals surface area contributed by atoms with Gasteiger partial charge in [-0.3, -0.25) is 9.35 Å². The van der Waals surface area contributed by atoms with Crippen LogP contribution in [0, 0.1) is 0 Å². The van der Waals surface area contributed by atoms with Gasteiger partial charge in [-0.15, -0.1) is 0 Å². The van der Waals surface area contributed by atoms with Gasteiger partial charge in [0.2, 0.25) is 0 Å². The van der Waals surface area contributed by atoms with Crippen LogP contribution in [0.5, 0.6) is 5.75 Å². The molecule has 0 saturated heterocycles. The molecule has 136 valence electrons. The van der Waals surface area contributed by atoms with E-state index in [4.69, 9.17) is 9.29 Å². The molecular formula is C18H28O5S. The van der Waals surface area contributed by atoms with E-state index in [1.54, 1.807) is 6.07 Å². The van der Waals surface area contributed by atoms with Crippen LogP contribution in [0.4, 0.5) is 0 Å². The van der Waals surface area contributed by atoms with Gasteiger partial charge in [-0.1, -0.05) is 70.4 Å². The Morgan fingerprint density at radius 1 is 0.958 bits per heavy atom. The van der Waals surface area contributed by atoms with Crippen LogP contribution < -0.4 is 4.74 Å². The molecule has 0 heterocycles. The van der Waals surface area contributed by atoms with Crippen LogP contribution in [0.2, 0.25) is 0 Å². The quantitative estimate of drug-likeness (QED) is 0.253. The summed E-state index contributed by atoms with van der Waals surface area (Å²) in [5.74, 6) is -0.602. The summed E-state index contributed by atoms with van der Waals surface area (Å²) in [5, 5.41) is 0.